The Morgan fingerprint density at radius 1 is 1.20 bits per heavy atom. The van der Waals surface area contributed by atoms with Crippen LogP contribution in [-0.4, -0.2) is 31.4 Å². The van der Waals surface area contributed by atoms with Crippen LogP contribution in [0, 0.1) is 0 Å². The topological polar surface area (TPSA) is 30.5 Å². The number of halogens is 1. The van der Waals surface area contributed by atoms with E-state index in [1.165, 1.54) is 5.56 Å². The lowest BCUT2D eigenvalue weighted by molar-refractivity contribution is -0.149. The molecule has 0 aliphatic heterocycles. The first-order valence-electron chi connectivity index (χ1n) is 7.45. The number of hydrogen-bond acceptors (Lipinski definition) is 3. The van der Waals surface area contributed by atoms with Gasteiger partial charge in [-0.15, -0.1) is 0 Å². The van der Waals surface area contributed by atoms with E-state index in [-0.39, 0.29) is 12.2 Å². The molecule has 112 valence electrons. The Hall–Kier alpha value is -0.420. The van der Waals surface area contributed by atoms with Crippen molar-refractivity contribution in [2.75, 3.05) is 13.2 Å². The minimum atomic E-state index is 0.196. The highest BCUT2D eigenvalue weighted by Gasteiger charge is 2.42. The molecule has 0 bridgehead atoms. The predicted molar refractivity (Wildman–Crippen MR) is 84.8 cm³/mol. The summed E-state index contributed by atoms with van der Waals surface area (Å²) in [6.07, 6.45) is 2.61. The molecule has 0 spiro atoms. The molecule has 3 atom stereocenters. The maximum Gasteiger partial charge on any atom is 0.0990 e. The fourth-order valence-electron chi connectivity index (χ4n) is 2.47. The average molecular weight is 342 g/mol. The van der Waals surface area contributed by atoms with Crippen molar-refractivity contribution in [2.24, 2.45) is 0 Å². The molecule has 3 unspecified atom stereocenters. The highest BCUT2D eigenvalue weighted by molar-refractivity contribution is 9.10. The van der Waals surface area contributed by atoms with Crippen LogP contribution in [0.3, 0.4) is 0 Å². The maximum atomic E-state index is 6.00. The van der Waals surface area contributed by atoms with Crippen molar-refractivity contribution >= 4 is 15.9 Å². The van der Waals surface area contributed by atoms with E-state index in [1.807, 2.05) is 19.1 Å². The van der Waals surface area contributed by atoms with Gasteiger partial charge in [-0.1, -0.05) is 35.0 Å². The molecule has 0 amide bonds. The van der Waals surface area contributed by atoms with Gasteiger partial charge in [0.2, 0.25) is 0 Å². The normalized spacial score (nSPS) is 25.4. The summed E-state index contributed by atoms with van der Waals surface area (Å²) in [7, 11) is 0. The van der Waals surface area contributed by atoms with E-state index in [0.717, 1.165) is 30.5 Å². The van der Waals surface area contributed by atoms with Gasteiger partial charge < -0.3 is 14.8 Å². The molecule has 20 heavy (non-hydrogen) atoms. The third-order valence-corrected chi connectivity index (χ3v) is 4.17. The number of rotatable bonds is 8. The summed E-state index contributed by atoms with van der Waals surface area (Å²) >= 11 is 3.44. The van der Waals surface area contributed by atoms with Gasteiger partial charge in [-0.2, -0.15) is 0 Å². The molecule has 1 aromatic carbocycles. The Balaban J connectivity index is 1.79. The van der Waals surface area contributed by atoms with Crippen LogP contribution in [0.15, 0.2) is 28.7 Å². The molecule has 0 saturated heterocycles. The van der Waals surface area contributed by atoms with E-state index in [4.69, 9.17) is 9.47 Å². The first-order valence-corrected chi connectivity index (χ1v) is 8.25. The zero-order chi connectivity index (χ0) is 14.4. The maximum absolute atomic E-state index is 6.00. The Morgan fingerprint density at radius 3 is 2.60 bits per heavy atom. The molecule has 4 heteroatoms. The molecule has 2 rings (SSSR count). The number of nitrogens with one attached hydrogen (secondary N) is 1. The number of ether oxygens (including phenoxy) is 2. The van der Waals surface area contributed by atoms with Crippen LogP contribution in [0.4, 0.5) is 0 Å². The zero-order valence-corrected chi connectivity index (χ0v) is 13.9. The first-order chi connectivity index (χ1) is 9.74. The molecule has 1 N–H and O–H groups in total. The van der Waals surface area contributed by atoms with Gasteiger partial charge >= 0.3 is 0 Å². The average Bonchev–Trinajstić information content (AvgIpc) is 2.45. The summed E-state index contributed by atoms with van der Waals surface area (Å²) < 4.78 is 12.9. The molecule has 1 saturated carbocycles. The summed E-state index contributed by atoms with van der Waals surface area (Å²) in [5, 5.41) is 3.53. The Labute approximate surface area is 130 Å². The largest absolute Gasteiger partial charge is 0.374 e. The fourth-order valence-corrected chi connectivity index (χ4v) is 2.74. The smallest absolute Gasteiger partial charge is 0.0990 e. The van der Waals surface area contributed by atoms with Crippen LogP contribution in [-0.2, 0) is 16.1 Å². The Bertz CT molecular complexity index is 396. The van der Waals surface area contributed by atoms with Crippen molar-refractivity contribution < 1.29 is 9.47 Å². The minimum absolute atomic E-state index is 0.196. The number of benzene rings is 1. The van der Waals surface area contributed by atoms with Gasteiger partial charge in [0.25, 0.3) is 0 Å². The lowest BCUT2D eigenvalue weighted by Gasteiger charge is -2.44. The SMILES string of the molecule is CCCNC1CC(OCc2ccc(Br)cc2)C1OCC. The highest BCUT2D eigenvalue weighted by atomic mass is 79.9. The van der Waals surface area contributed by atoms with E-state index < -0.39 is 0 Å². The second-order valence-corrected chi connectivity index (χ2v) is 6.11. The molecule has 1 aliphatic rings. The van der Waals surface area contributed by atoms with E-state index in [2.05, 4.69) is 40.3 Å². The molecule has 1 aromatic rings. The summed E-state index contributed by atoms with van der Waals surface area (Å²) in [6, 6.07) is 8.72. The molecule has 1 aliphatic carbocycles. The van der Waals surface area contributed by atoms with Crippen molar-refractivity contribution in [3.05, 3.63) is 34.3 Å². The predicted octanol–water partition coefficient (Wildman–Crippen LogP) is 3.51. The first kappa shape index (κ1) is 16.0. The van der Waals surface area contributed by atoms with Crippen LogP contribution in [0.2, 0.25) is 0 Å². The minimum Gasteiger partial charge on any atom is -0.374 e. The molecule has 0 heterocycles. The third-order valence-electron chi connectivity index (χ3n) is 3.64. The second-order valence-electron chi connectivity index (χ2n) is 5.19. The van der Waals surface area contributed by atoms with Crippen LogP contribution in [0.25, 0.3) is 0 Å². The van der Waals surface area contributed by atoms with Gasteiger partial charge in [0, 0.05) is 17.1 Å². The summed E-state index contributed by atoms with van der Waals surface area (Å²) in [4.78, 5) is 0. The Morgan fingerprint density at radius 2 is 1.95 bits per heavy atom. The summed E-state index contributed by atoms with van der Waals surface area (Å²) in [6.45, 7) is 6.67. The van der Waals surface area contributed by atoms with Crippen LogP contribution in [0.5, 0.6) is 0 Å². The second kappa shape index (κ2) is 8.13. The third kappa shape index (κ3) is 4.29. The van der Waals surface area contributed by atoms with Gasteiger partial charge in [0.1, 0.15) is 0 Å². The van der Waals surface area contributed by atoms with Gasteiger partial charge in [-0.05, 0) is 44.0 Å². The van der Waals surface area contributed by atoms with Crippen molar-refractivity contribution in [1.29, 1.82) is 0 Å². The fraction of sp³-hybridized carbons (Fsp3) is 0.625. The van der Waals surface area contributed by atoms with Gasteiger partial charge in [-0.3, -0.25) is 0 Å². The zero-order valence-electron chi connectivity index (χ0n) is 12.3. The lowest BCUT2D eigenvalue weighted by atomic mass is 9.85. The van der Waals surface area contributed by atoms with Crippen LogP contribution < -0.4 is 5.32 Å². The number of hydrogen-bond donors (Lipinski definition) is 1. The van der Waals surface area contributed by atoms with Gasteiger partial charge in [0.05, 0.1) is 18.8 Å². The molecular formula is C16H24BrNO2. The molecule has 1 fully saturated rings. The van der Waals surface area contributed by atoms with Crippen molar-refractivity contribution in [3.63, 3.8) is 0 Å². The quantitative estimate of drug-likeness (QED) is 0.784. The van der Waals surface area contributed by atoms with E-state index in [1.54, 1.807) is 0 Å². The molecule has 0 aromatic heterocycles. The van der Waals surface area contributed by atoms with Gasteiger partial charge in [0.15, 0.2) is 0 Å². The van der Waals surface area contributed by atoms with E-state index >= 15 is 0 Å². The van der Waals surface area contributed by atoms with Crippen molar-refractivity contribution in [2.45, 2.75) is 51.5 Å². The van der Waals surface area contributed by atoms with Gasteiger partial charge in [-0.25, -0.2) is 0 Å². The molecule has 0 radical (unpaired) electrons. The lowest BCUT2D eigenvalue weighted by Crippen LogP contribution is -2.60. The van der Waals surface area contributed by atoms with E-state index in [9.17, 15) is 0 Å². The van der Waals surface area contributed by atoms with Crippen molar-refractivity contribution in [1.82, 2.24) is 5.32 Å². The van der Waals surface area contributed by atoms with Crippen LogP contribution >= 0.6 is 15.9 Å². The van der Waals surface area contributed by atoms with Crippen LogP contribution in [0.1, 0.15) is 32.3 Å². The standard InChI is InChI=1S/C16H24BrNO2/c1-3-9-18-14-10-15(16(14)19-4-2)20-11-12-5-7-13(17)8-6-12/h5-8,14-16,18H,3-4,9-11H2,1-2H3. The summed E-state index contributed by atoms with van der Waals surface area (Å²) in [5.74, 6) is 0. The van der Waals surface area contributed by atoms with E-state index in [0.29, 0.717) is 12.6 Å². The van der Waals surface area contributed by atoms with Crippen molar-refractivity contribution in [3.8, 4) is 0 Å². The molecular weight excluding hydrogens is 318 g/mol. The monoisotopic (exact) mass is 341 g/mol. The molecule has 3 nitrogen and oxygen atoms in total. The highest BCUT2D eigenvalue weighted by Crippen LogP contribution is 2.28. The Kier molecular flexibility index (Phi) is 6.49. The summed E-state index contributed by atoms with van der Waals surface area (Å²) in [5.41, 5.74) is 1.20.